The van der Waals surface area contributed by atoms with E-state index in [2.05, 4.69) is 30.0 Å². The van der Waals surface area contributed by atoms with Crippen LogP contribution in [0.15, 0.2) is 0 Å². The highest BCUT2D eigenvalue weighted by molar-refractivity contribution is 5.81. The zero-order chi connectivity index (χ0) is 15.0. The minimum absolute atomic E-state index is 0.162. The summed E-state index contributed by atoms with van der Waals surface area (Å²) >= 11 is 0. The average Bonchev–Trinajstić information content (AvgIpc) is 2.44. The van der Waals surface area contributed by atoms with E-state index in [0.717, 1.165) is 32.7 Å². The highest BCUT2D eigenvalue weighted by Crippen LogP contribution is 2.13. The molecule has 2 unspecified atom stereocenters. The van der Waals surface area contributed by atoms with Gasteiger partial charge in [-0.15, -0.1) is 12.3 Å². The molecule has 1 rings (SSSR count). The van der Waals surface area contributed by atoms with Gasteiger partial charge in [-0.05, 0) is 12.3 Å². The van der Waals surface area contributed by atoms with Crippen molar-refractivity contribution in [2.75, 3.05) is 32.8 Å². The first-order chi connectivity index (χ1) is 9.54. The Balaban J connectivity index is 2.47. The number of hydrogen-bond acceptors (Lipinski definition) is 4. The van der Waals surface area contributed by atoms with Gasteiger partial charge in [-0.1, -0.05) is 13.8 Å². The van der Waals surface area contributed by atoms with Crippen LogP contribution in [0, 0.1) is 18.3 Å². The number of nitrogens with one attached hydrogen (secondary N) is 1. The van der Waals surface area contributed by atoms with E-state index in [1.54, 1.807) is 0 Å². The van der Waals surface area contributed by atoms with Crippen LogP contribution in [0.4, 0.5) is 0 Å². The minimum atomic E-state index is -0.607. The number of carbonyl (C=O) groups excluding carboxylic acids is 1. The van der Waals surface area contributed by atoms with E-state index in [4.69, 9.17) is 16.9 Å². The molecule has 3 N–H and O–H groups in total. The van der Waals surface area contributed by atoms with Gasteiger partial charge in [0.25, 0.3) is 0 Å². The summed E-state index contributed by atoms with van der Waals surface area (Å²) in [6.45, 7) is 8.37. The molecule has 0 aromatic heterocycles. The van der Waals surface area contributed by atoms with Crippen molar-refractivity contribution in [3.05, 3.63) is 0 Å². The summed E-state index contributed by atoms with van der Waals surface area (Å²) in [7, 11) is 0. The smallest absolute Gasteiger partial charge is 0.237 e. The second-order valence-corrected chi connectivity index (χ2v) is 5.69. The van der Waals surface area contributed by atoms with Crippen LogP contribution >= 0.6 is 0 Å². The van der Waals surface area contributed by atoms with Crippen molar-refractivity contribution >= 4 is 5.91 Å². The van der Waals surface area contributed by atoms with Crippen LogP contribution in [-0.4, -0.2) is 55.7 Å². The fraction of sp³-hybridized carbons (Fsp3) is 0.800. The van der Waals surface area contributed by atoms with Crippen LogP contribution in [0.25, 0.3) is 0 Å². The number of hydrogen-bond donors (Lipinski definition) is 2. The molecule has 1 amide bonds. The number of ether oxygens (including phenoxy) is 1. The molecule has 0 aromatic carbocycles. The van der Waals surface area contributed by atoms with Gasteiger partial charge in [-0.25, -0.2) is 0 Å². The molecule has 1 saturated heterocycles. The minimum Gasteiger partial charge on any atom is -0.379 e. The van der Waals surface area contributed by atoms with Gasteiger partial charge in [0, 0.05) is 32.1 Å². The third-order valence-corrected chi connectivity index (χ3v) is 3.49. The average molecular weight is 281 g/mol. The van der Waals surface area contributed by atoms with Crippen LogP contribution in [0.3, 0.4) is 0 Å². The molecule has 2 atom stereocenters. The topological polar surface area (TPSA) is 67.6 Å². The van der Waals surface area contributed by atoms with E-state index in [9.17, 15) is 4.79 Å². The molecule has 0 saturated carbocycles. The number of nitrogens with two attached hydrogens (primary N) is 1. The number of rotatable bonds is 7. The Labute approximate surface area is 122 Å². The van der Waals surface area contributed by atoms with Crippen molar-refractivity contribution in [2.24, 2.45) is 11.7 Å². The molecule has 1 aliphatic rings. The largest absolute Gasteiger partial charge is 0.379 e. The predicted molar refractivity (Wildman–Crippen MR) is 80.1 cm³/mol. The zero-order valence-electron chi connectivity index (χ0n) is 12.6. The van der Waals surface area contributed by atoms with Crippen molar-refractivity contribution in [2.45, 2.75) is 38.8 Å². The van der Waals surface area contributed by atoms with Gasteiger partial charge in [-0.3, -0.25) is 9.69 Å². The molecule has 1 aliphatic heterocycles. The highest BCUT2D eigenvalue weighted by Gasteiger charge is 2.23. The van der Waals surface area contributed by atoms with E-state index < -0.39 is 6.04 Å². The maximum atomic E-state index is 11.8. The van der Waals surface area contributed by atoms with Gasteiger partial charge >= 0.3 is 0 Å². The molecule has 0 spiro atoms. The lowest BCUT2D eigenvalue weighted by molar-refractivity contribution is -0.122. The third-order valence-electron chi connectivity index (χ3n) is 3.49. The lowest BCUT2D eigenvalue weighted by Gasteiger charge is -2.35. The summed E-state index contributed by atoms with van der Waals surface area (Å²) in [4.78, 5) is 14.2. The Morgan fingerprint density at radius 3 is 2.65 bits per heavy atom. The molecule has 0 aromatic rings. The van der Waals surface area contributed by atoms with Gasteiger partial charge in [0.1, 0.15) is 0 Å². The quantitative estimate of drug-likeness (QED) is 0.654. The van der Waals surface area contributed by atoms with Gasteiger partial charge in [0.05, 0.1) is 19.3 Å². The number of amides is 1. The van der Waals surface area contributed by atoms with E-state index >= 15 is 0 Å². The Kier molecular flexibility index (Phi) is 7.60. The van der Waals surface area contributed by atoms with Crippen molar-refractivity contribution in [3.8, 4) is 12.3 Å². The summed E-state index contributed by atoms with van der Waals surface area (Å²) in [6, 6.07) is -0.273. The van der Waals surface area contributed by atoms with Gasteiger partial charge < -0.3 is 15.8 Å². The summed E-state index contributed by atoms with van der Waals surface area (Å²) in [5.41, 5.74) is 5.71. The predicted octanol–water partition coefficient (Wildman–Crippen LogP) is 0.200. The monoisotopic (exact) mass is 281 g/mol. The molecule has 0 aliphatic carbocycles. The first-order valence-corrected chi connectivity index (χ1v) is 7.33. The standard InChI is InChI=1S/C15H27N3O2/c1-4-5-14(16)15(19)17-11-13(10-12(2)3)18-6-8-20-9-7-18/h1,12-14H,5-11,16H2,2-3H3,(H,17,19). The molecular formula is C15H27N3O2. The van der Waals surface area contributed by atoms with Crippen LogP contribution < -0.4 is 11.1 Å². The summed E-state index contributed by atoms with van der Waals surface area (Å²) < 4.78 is 5.38. The fourth-order valence-electron chi connectivity index (χ4n) is 2.42. The molecule has 1 heterocycles. The van der Waals surface area contributed by atoms with Crippen molar-refractivity contribution in [1.82, 2.24) is 10.2 Å². The first kappa shape index (κ1) is 17.0. The number of morpholine rings is 1. The lowest BCUT2D eigenvalue weighted by atomic mass is 10.0. The maximum Gasteiger partial charge on any atom is 0.237 e. The Morgan fingerprint density at radius 2 is 2.10 bits per heavy atom. The maximum absolute atomic E-state index is 11.8. The number of nitrogens with zero attached hydrogens (tertiary/aromatic N) is 1. The van der Waals surface area contributed by atoms with E-state index in [1.165, 1.54) is 0 Å². The van der Waals surface area contributed by atoms with Crippen molar-refractivity contribution in [3.63, 3.8) is 0 Å². The van der Waals surface area contributed by atoms with Crippen LogP contribution in [-0.2, 0) is 9.53 Å². The fourth-order valence-corrected chi connectivity index (χ4v) is 2.42. The van der Waals surface area contributed by atoms with Gasteiger partial charge in [-0.2, -0.15) is 0 Å². The van der Waals surface area contributed by atoms with E-state index in [-0.39, 0.29) is 12.3 Å². The van der Waals surface area contributed by atoms with E-state index in [1.807, 2.05) is 0 Å². The van der Waals surface area contributed by atoms with Crippen LogP contribution in [0.1, 0.15) is 26.7 Å². The molecule has 0 bridgehead atoms. The summed E-state index contributed by atoms with van der Waals surface area (Å²) in [5, 5.41) is 2.93. The Bertz CT molecular complexity index is 333. The third kappa shape index (κ3) is 5.91. The Morgan fingerprint density at radius 1 is 1.45 bits per heavy atom. The molecule has 5 nitrogen and oxygen atoms in total. The highest BCUT2D eigenvalue weighted by atomic mass is 16.5. The van der Waals surface area contributed by atoms with Crippen molar-refractivity contribution in [1.29, 1.82) is 0 Å². The first-order valence-electron chi connectivity index (χ1n) is 7.33. The number of terminal acetylenes is 1. The summed E-state index contributed by atoms with van der Waals surface area (Å²) in [5.74, 6) is 2.84. The molecular weight excluding hydrogens is 254 g/mol. The lowest BCUT2D eigenvalue weighted by Crippen LogP contribution is -2.51. The Hall–Kier alpha value is -1.09. The second kappa shape index (κ2) is 8.96. The molecule has 0 radical (unpaired) electrons. The number of carbonyl (C=O) groups is 1. The van der Waals surface area contributed by atoms with Crippen LogP contribution in [0.2, 0.25) is 0 Å². The molecule has 1 fully saturated rings. The normalized spacial score (nSPS) is 19.4. The molecule has 5 heteroatoms. The molecule has 20 heavy (non-hydrogen) atoms. The van der Waals surface area contributed by atoms with E-state index in [0.29, 0.717) is 18.5 Å². The zero-order valence-corrected chi connectivity index (χ0v) is 12.6. The van der Waals surface area contributed by atoms with Crippen LogP contribution in [0.5, 0.6) is 0 Å². The second-order valence-electron chi connectivity index (χ2n) is 5.69. The van der Waals surface area contributed by atoms with Gasteiger partial charge in [0.2, 0.25) is 5.91 Å². The van der Waals surface area contributed by atoms with Crippen molar-refractivity contribution < 1.29 is 9.53 Å². The molecule has 114 valence electrons. The SMILES string of the molecule is C#CCC(N)C(=O)NCC(CC(C)C)N1CCOCC1. The van der Waals surface area contributed by atoms with Gasteiger partial charge in [0.15, 0.2) is 0 Å². The summed E-state index contributed by atoms with van der Waals surface area (Å²) in [6.07, 6.45) is 6.50.